The number of ether oxygens (including phenoxy) is 1. The van der Waals surface area contributed by atoms with Crippen LogP contribution in [0.15, 0.2) is 35.3 Å². The van der Waals surface area contributed by atoms with E-state index < -0.39 is 0 Å². The van der Waals surface area contributed by atoms with Crippen molar-refractivity contribution in [2.24, 2.45) is 0 Å². The van der Waals surface area contributed by atoms with Crippen molar-refractivity contribution in [3.8, 4) is 11.8 Å². The summed E-state index contributed by atoms with van der Waals surface area (Å²) in [6.07, 6.45) is 9.43. The molecule has 0 amide bonds. The molecular weight excluding hydrogens is 308 g/mol. The Labute approximate surface area is 119 Å². The molecule has 1 aliphatic rings. The first-order valence-corrected chi connectivity index (χ1v) is 6.91. The Morgan fingerprint density at radius 1 is 1.21 bits per heavy atom. The minimum absolute atomic E-state index is 0.329. The van der Waals surface area contributed by atoms with Gasteiger partial charge in [0.1, 0.15) is 0 Å². The predicted octanol–water partition coefficient (Wildman–Crippen LogP) is 2.68. The zero-order chi connectivity index (χ0) is 13.1. The molecule has 3 rings (SSSR count). The molecule has 1 N–H and O–H groups in total. The molecule has 0 aliphatic heterocycles. The molecule has 0 spiro atoms. The molecule has 1 saturated carbocycles. The number of hydrogen-bond donors (Lipinski definition) is 1. The van der Waals surface area contributed by atoms with Crippen LogP contribution in [0.25, 0.3) is 0 Å². The van der Waals surface area contributed by atoms with Gasteiger partial charge < -0.3 is 10.1 Å². The molecule has 0 saturated heterocycles. The Bertz CT molecular complexity index is 557. The molecule has 1 fully saturated rings. The fraction of sp³-hybridized carbons (Fsp3) is 0.308. The van der Waals surface area contributed by atoms with E-state index >= 15 is 0 Å². The van der Waals surface area contributed by atoms with Crippen molar-refractivity contribution in [3.05, 3.63) is 40.9 Å². The van der Waals surface area contributed by atoms with E-state index in [9.17, 15) is 0 Å². The highest BCUT2D eigenvalue weighted by molar-refractivity contribution is 9.10. The van der Waals surface area contributed by atoms with Crippen LogP contribution < -0.4 is 10.1 Å². The molecule has 0 bridgehead atoms. The third-order valence-corrected chi connectivity index (χ3v) is 3.18. The molecule has 1 aliphatic carbocycles. The lowest BCUT2D eigenvalue weighted by molar-refractivity contribution is 0.438. The maximum atomic E-state index is 5.52. The van der Waals surface area contributed by atoms with Gasteiger partial charge in [-0.1, -0.05) is 0 Å². The summed E-state index contributed by atoms with van der Waals surface area (Å²) in [5, 5.41) is 3.41. The van der Waals surface area contributed by atoms with Crippen LogP contribution in [0, 0.1) is 0 Å². The molecule has 0 atom stereocenters. The van der Waals surface area contributed by atoms with Gasteiger partial charge in [-0.25, -0.2) is 9.97 Å². The Kier molecular flexibility index (Phi) is 3.70. The molecule has 0 unspecified atom stereocenters. The summed E-state index contributed by atoms with van der Waals surface area (Å²) in [4.78, 5) is 12.4. The fourth-order valence-corrected chi connectivity index (χ4v) is 1.93. The van der Waals surface area contributed by atoms with E-state index in [0.29, 0.717) is 17.8 Å². The van der Waals surface area contributed by atoms with Crippen molar-refractivity contribution in [1.29, 1.82) is 0 Å². The molecule has 0 aromatic carbocycles. The molecule has 19 heavy (non-hydrogen) atoms. The van der Waals surface area contributed by atoms with Crippen LogP contribution in [0.4, 0.5) is 0 Å². The van der Waals surface area contributed by atoms with Crippen molar-refractivity contribution in [3.63, 3.8) is 0 Å². The highest BCUT2D eigenvalue weighted by Gasteiger charge is 2.19. The monoisotopic (exact) mass is 320 g/mol. The standard InChI is InChI=1S/C13H13BrN4O/c14-10-3-12(8-15-7-10)19-13-17-5-9(6-18-13)4-16-11-1-2-11/h3,5-8,11,16H,1-2,4H2. The Balaban J connectivity index is 1.61. The SMILES string of the molecule is Brc1cncc(Oc2ncc(CNC3CC3)cn2)c1. The highest BCUT2D eigenvalue weighted by atomic mass is 79.9. The van der Waals surface area contributed by atoms with E-state index in [0.717, 1.165) is 16.6 Å². The maximum Gasteiger partial charge on any atom is 0.321 e. The van der Waals surface area contributed by atoms with Gasteiger partial charge in [-0.2, -0.15) is 0 Å². The van der Waals surface area contributed by atoms with Gasteiger partial charge in [-0.3, -0.25) is 4.98 Å². The highest BCUT2D eigenvalue weighted by Crippen LogP contribution is 2.21. The normalized spacial score (nSPS) is 14.4. The van der Waals surface area contributed by atoms with Gasteiger partial charge >= 0.3 is 6.01 Å². The first kappa shape index (κ1) is 12.5. The number of aromatic nitrogens is 3. The number of nitrogens with zero attached hydrogens (tertiary/aromatic N) is 3. The van der Waals surface area contributed by atoms with Crippen LogP contribution >= 0.6 is 15.9 Å². The van der Waals surface area contributed by atoms with Gasteiger partial charge in [0.2, 0.25) is 0 Å². The maximum absolute atomic E-state index is 5.52. The second-order valence-electron chi connectivity index (χ2n) is 4.47. The van der Waals surface area contributed by atoms with Gasteiger partial charge in [0.15, 0.2) is 5.75 Å². The van der Waals surface area contributed by atoms with Gasteiger partial charge in [0, 0.05) is 41.2 Å². The second-order valence-corrected chi connectivity index (χ2v) is 5.39. The van der Waals surface area contributed by atoms with Crippen molar-refractivity contribution >= 4 is 15.9 Å². The zero-order valence-corrected chi connectivity index (χ0v) is 11.8. The number of rotatable bonds is 5. The molecule has 2 aromatic rings. The minimum atomic E-state index is 0.329. The third-order valence-electron chi connectivity index (χ3n) is 2.74. The summed E-state index contributed by atoms with van der Waals surface area (Å²) in [5.74, 6) is 0.609. The quantitative estimate of drug-likeness (QED) is 0.917. The summed E-state index contributed by atoms with van der Waals surface area (Å²) in [5.41, 5.74) is 1.06. The number of nitrogens with one attached hydrogen (secondary N) is 1. The molecule has 5 nitrogen and oxygen atoms in total. The number of halogens is 1. The number of pyridine rings is 1. The first-order chi connectivity index (χ1) is 9.29. The zero-order valence-electron chi connectivity index (χ0n) is 10.2. The van der Waals surface area contributed by atoms with Crippen LogP contribution in [-0.2, 0) is 6.54 Å². The molecule has 0 radical (unpaired) electrons. The van der Waals surface area contributed by atoms with Crippen LogP contribution in [0.2, 0.25) is 0 Å². The first-order valence-electron chi connectivity index (χ1n) is 6.12. The van der Waals surface area contributed by atoms with E-state index in [4.69, 9.17) is 4.74 Å². The molecule has 6 heteroatoms. The van der Waals surface area contributed by atoms with E-state index in [1.165, 1.54) is 12.8 Å². The van der Waals surface area contributed by atoms with Crippen LogP contribution in [0.3, 0.4) is 0 Å². The Morgan fingerprint density at radius 2 is 2.00 bits per heavy atom. The average molecular weight is 321 g/mol. The van der Waals surface area contributed by atoms with E-state index in [1.54, 1.807) is 24.8 Å². The molecular formula is C13H13BrN4O. The van der Waals surface area contributed by atoms with E-state index in [2.05, 4.69) is 36.2 Å². The molecule has 2 heterocycles. The lowest BCUT2D eigenvalue weighted by atomic mass is 10.3. The topological polar surface area (TPSA) is 59.9 Å². The van der Waals surface area contributed by atoms with Crippen LogP contribution in [-0.4, -0.2) is 21.0 Å². The van der Waals surface area contributed by atoms with Crippen molar-refractivity contribution < 1.29 is 4.74 Å². The van der Waals surface area contributed by atoms with Crippen LogP contribution in [0.1, 0.15) is 18.4 Å². The summed E-state index contributed by atoms with van der Waals surface area (Å²) in [6, 6.07) is 2.83. The van der Waals surface area contributed by atoms with Crippen LogP contribution in [0.5, 0.6) is 11.8 Å². The van der Waals surface area contributed by atoms with Gasteiger partial charge in [0.05, 0.1) is 6.20 Å². The van der Waals surface area contributed by atoms with Crippen molar-refractivity contribution in [1.82, 2.24) is 20.3 Å². The van der Waals surface area contributed by atoms with Crippen molar-refractivity contribution in [2.45, 2.75) is 25.4 Å². The average Bonchev–Trinajstić information content (AvgIpc) is 3.22. The second kappa shape index (κ2) is 5.63. The Morgan fingerprint density at radius 3 is 2.68 bits per heavy atom. The largest absolute Gasteiger partial charge is 0.423 e. The van der Waals surface area contributed by atoms with E-state index in [-0.39, 0.29) is 0 Å². The third kappa shape index (κ3) is 3.71. The summed E-state index contributed by atoms with van der Waals surface area (Å²) in [6.45, 7) is 0.809. The Hall–Kier alpha value is -1.53. The molecule has 2 aromatic heterocycles. The number of hydrogen-bond acceptors (Lipinski definition) is 5. The summed E-state index contributed by atoms with van der Waals surface area (Å²) in [7, 11) is 0. The van der Waals surface area contributed by atoms with Gasteiger partial charge in [0.25, 0.3) is 0 Å². The summed E-state index contributed by atoms with van der Waals surface area (Å²) < 4.78 is 6.37. The predicted molar refractivity (Wildman–Crippen MR) is 73.9 cm³/mol. The molecule has 98 valence electrons. The smallest absolute Gasteiger partial charge is 0.321 e. The van der Waals surface area contributed by atoms with Gasteiger partial charge in [-0.15, -0.1) is 0 Å². The summed E-state index contributed by atoms with van der Waals surface area (Å²) >= 11 is 3.34. The lowest BCUT2D eigenvalue weighted by Gasteiger charge is -2.05. The van der Waals surface area contributed by atoms with E-state index in [1.807, 2.05) is 6.07 Å². The fourth-order valence-electron chi connectivity index (χ4n) is 1.59. The van der Waals surface area contributed by atoms with Gasteiger partial charge in [-0.05, 0) is 34.8 Å². The minimum Gasteiger partial charge on any atom is -0.423 e. The lowest BCUT2D eigenvalue weighted by Crippen LogP contribution is -2.15. The van der Waals surface area contributed by atoms with Crippen molar-refractivity contribution in [2.75, 3.05) is 0 Å².